The molecule has 0 aliphatic carbocycles. The molecule has 104 valence electrons. The Morgan fingerprint density at radius 2 is 2.20 bits per heavy atom. The van der Waals surface area contributed by atoms with Gasteiger partial charge in [0.2, 0.25) is 0 Å². The number of nitro groups is 1. The van der Waals surface area contributed by atoms with E-state index in [-0.39, 0.29) is 11.6 Å². The molecule has 0 saturated carbocycles. The second kappa shape index (κ2) is 5.52. The van der Waals surface area contributed by atoms with E-state index in [1.165, 1.54) is 17.0 Å². The largest absolute Gasteiger partial charge is 0.347 e. The number of nitrogens with zero attached hydrogens (tertiary/aromatic N) is 3. The van der Waals surface area contributed by atoms with Gasteiger partial charge in [-0.05, 0) is 18.6 Å². The maximum absolute atomic E-state index is 12.3. The summed E-state index contributed by atoms with van der Waals surface area (Å²) in [5.41, 5.74) is 0.888. The molecule has 0 aliphatic rings. The van der Waals surface area contributed by atoms with E-state index in [4.69, 9.17) is 0 Å². The van der Waals surface area contributed by atoms with Crippen LogP contribution in [0.1, 0.15) is 21.7 Å². The molecule has 1 N–H and O–H groups in total. The lowest BCUT2D eigenvalue weighted by atomic mass is 10.1. The zero-order chi connectivity index (χ0) is 14.7. The molecular weight excluding hydrogens is 260 g/mol. The molecule has 1 aromatic heterocycles. The number of hydrogen-bond donors (Lipinski definition) is 1. The van der Waals surface area contributed by atoms with Crippen LogP contribution in [0.25, 0.3) is 0 Å². The minimum absolute atomic E-state index is 0.0836. The summed E-state index contributed by atoms with van der Waals surface area (Å²) in [6.45, 7) is 2.03. The third kappa shape index (κ3) is 3.00. The smallest absolute Gasteiger partial charge is 0.270 e. The van der Waals surface area contributed by atoms with Crippen LogP contribution in [0.2, 0.25) is 0 Å². The van der Waals surface area contributed by atoms with Gasteiger partial charge in [-0.25, -0.2) is 4.98 Å². The summed E-state index contributed by atoms with van der Waals surface area (Å²) in [4.78, 5) is 31.0. The highest BCUT2D eigenvalue weighted by Gasteiger charge is 2.17. The summed E-state index contributed by atoms with van der Waals surface area (Å²) >= 11 is 0. The van der Waals surface area contributed by atoms with E-state index >= 15 is 0 Å². The topological polar surface area (TPSA) is 92.1 Å². The third-order valence-corrected chi connectivity index (χ3v) is 2.81. The van der Waals surface area contributed by atoms with Crippen LogP contribution in [0.4, 0.5) is 5.69 Å². The molecule has 2 aromatic rings. The summed E-state index contributed by atoms with van der Waals surface area (Å²) in [5, 5.41) is 10.8. The number of imidazole rings is 1. The van der Waals surface area contributed by atoms with Crippen LogP contribution in [0.3, 0.4) is 0 Å². The van der Waals surface area contributed by atoms with Crippen molar-refractivity contribution in [2.75, 3.05) is 7.05 Å². The Hall–Kier alpha value is -2.70. The van der Waals surface area contributed by atoms with Crippen molar-refractivity contribution in [3.05, 3.63) is 57.7 Å². The number of aromatic nitrogens is 2. The van der Waals surface area contributed by atoms with Gasteiger partial charge in [0.15, 0.2) is 0 Å². The predicted octanol–water partition coefficient (Wildman–Crippen LogP) is 1.90. The van der Waals surface area contributed by atoms with Gasteiger partial charge < -0.3 is 9.88 Å². The summed E-state index contributed by atoms with van der Waals surface area (Å²) in [7, 11) is 1.62. The molecule has 0 spiro atoms. The highest BCUT2D eigenvalue weighted by molar-refractivity contribution is 5.94. The van der Waals surface area contributed by atoms with Gasteiger partial charge in [-0.15, -0.1) is 0 Å². The number of H-pyrrole nitrogens is 1. The Balaban J connectivity index is 2.22. The Labute approximate surface area is 115 Å². The number of hydrogen-bond acceptors (Lipinski definition) is 4. The van der Waals surface area contributed by atoms with Crippen LogP contribution in [0.5, 0.6) is 0 Å². The van der Waals surface area contributed by atoms with E-state index < -0.39 is 4.92 Å². The molecule has 7 nitrogen and oxygen atoms in total. The Kier molecular flexibility index (Phi) is 3.79. The minimum Gasteiger partial charge on any atom is -0.347 e. The molecule has 0 fully saturated rings. The fraction of sp³-hybridized carbons (Fsp3) is 0.231. The molecule has 0 bridgehead atoms. The second-order valence-corrected chi connectivity index (χ2v) is 4.51. The van der Waals surface area contributed by atoms with Crippen molar-refractivity contribution in [3.63, 3.8) is 0 Å². The van der Waals surface area contributed by atoms with E-state index in [0.29, 0.717) is 23.5 Å². The van der Waals surface area contributed by atoms with Gasteiger partial charge in [-0.1, -0.05) is 0 Å². The maximum Gasteiger partial charge on any atom is 0.270 e. The first-order valence-corrected chi connectivity index (χ1v) is 5.97. The van der Waals surface area contributed by atoms with Crippen LogP contribution in [0, 0.1) is 17.0 Å². The Bertz CT molecular complexity index is 637. The van der Waals surface area contributed by atoms with Crippen LogP contribution >= 0.6 is 0 Å². The summed E-state index contributed by atoms with van der Waals surface area (Å²) < 4.78 is 0. The van der Waals surface area contributed by atoms with Crippen LogP contribution < -0.4 is 0 Å². The first kappa shape index (κ1) is 13.7. The van der Waals surface area contributed by atoms with E-state index in [9.17, 15) is 14.9 Å². The standard InChI is InChI=1S/C13H14N4O3/c1-9-5-10(7-11(6-9)17(19)20)13(18)16(2)8-12-14-3-4-15-12/h3-7H,8H2,1-2H3,(H,14,15). The SMILES string of the molecule is Cc1cc(C(=O)N(C)Cc2ncc[nH]2)cc([N+](=O)[O-])c1. The molecule has 1 heterocycles. The molecule has 1 aromatic carbocycles. The number of aryl methyl sites for hydroxylation is 1. The first-order chi connectivity index (χ1) is 9.47. The number of non-ortho nitro benzene ring substituents is 1. The molecule has 1 amide bonds. The van der Waals surface area contributed by atoms with E-state index in [1.54, 1.807) is 32.4 Å². The fourth-order valence-corrected chi connectivity index (χ4v) is 1.89. The van der Waals surface area contributed by atoms with Gasteiger partial charge in [0.05, 0.1) is 11.5 Å². The van der Waals surface area contributed by atoms with Crippen LogP contribution in [-0.2, 0) is 6.54 Å². The monoisotopic (exact) mass is 274 g/mol. The number of carbonyl (C=O) groups is 1. The number of nitro benzene ring substituents is 1. The molecule has 2 rings (SSSR count). The number of rotatable bonds is 4. The quantitative estimate of drug-likeness (QED) is 0.680. The van der Waals surface area contributed by atoms with Crippen molar-refractivity contribution in [1.82, 2.24) is 14.9 Å². The minimum atomic E-state index is -0.504. The van der Waals surface area contributed by atoms with Crippen molar-refractivity contribution in [1.29, 1.82) is 0 Å². The molecule has 0 radical (unpaired) electrons. The van der Waals surface area contributed by atoms with Crippen molar-refractivity contribution in [2.24, 2.45) is 0 Å². The lowest BCUT2D eigenvalue weighted by molar-refractivity contribution is -0.384. The average Bonchev–Trinajstić information content (AvgIpc) is 2.89. The molecular formula is C13H14N4O3. The first-order valence-electron chi connectivity index (χ1n) is 5.97. The van der Waals surface area contributed by atoms with Gasteiger partial charge >= 0.3 is 0 Å². The van der Waals surface area contributed by atoms with Crippen LogP contribution in [-0.4, -0.2) is 32.7 Å². The number of benzene rings is 1. The lowest BCUT2D eigenvalue weighted by Crippen LogP contribution is -2.26. The normalized spacial score (nSPS) is 10.3. The van der Waals surface area contributed by atoms with Gasteiger partial charge in [0.25, 0.3) is 11.6 Å². The van der Waals surface area contributed by atoms with E-state index in [0.717, 1.165) is 0 Å². The highest BCUT2D eigenvalue weighted by atomic mass is 16.6. The third-order valence-electron chi connectivity index (χ3n) is 2.81. The van der Waals surface area contributed by atoms with Crippen molar-refractivity contribution >= 4 is 11.6 Å². The summed E-state index contributed by atoms with van der Waals surface area (Å²) in [6, 6.07) is 4.35. The average molecular weight is 274 g/mol. The maximum atomic E-state index is 12.3. The highest BCUT2D eigenvalue weighted by Crippen LogP contribution is 2.18. The second-order valence-electron chi connectivity index (χ2n) is 4.51. The summed E-state index contributed by atoms with van der Waals surface area (Å²) in [6.07, 6.45) is 3.27. The Morgan fingerprint density at radius 1 is 1.45 bits per heavy atom. The zero-order valence-electron chi connectivity index (χ0n) is 11.2. The molecule has 7 heteroatoms. The number of carbonyl (C=O) groups excluding carboxylic acids is 1. The number of amides is 1. The van der Waals surface area contributed by atoms with Gasteiger partial charge in [0.1, 0.15) is 5.82 Å². The number of nitrogens with one attached hydrogen (secondary N) is 1. The lowest BCUT2D eigenvalue weighted by Gasteiger charge is -2.16. The predicted molar refractivity (Wildman–Crippen MR) is 72.2 cm³/mol. The summed E-state index contributed by atoms with van der Waals surface area (Å²) in [5.74, 6) is 0.371. The van der Waals surface area contributed by atoms with E-state index in [2.05, 4.69) is 9.97 Å². The van der Waals surface area contributed by atoms with Crippen molar-refractivity contribution in [3.8, 4) is 0 Å². The van der Waals surface area contributed by atoms with E-state index in [1.807, 2.05) is 0 Å². The molecule has 0 saturated heterocycles. The van der Waals surface area contributed by atoms with Crippen molar-refractivity contribution < 1.29 is 9.72 Å². The fourth-order valence-electron chi connectivity index (χ4n) is 1.89. The van der Waals surface area contributed by atoms with Crippen LogP contribution in [0.15, 0.2) is 30.6 Å². The van der Waals surface area contributed by atoms with Gasteiger partial charge in [-0.3, -0.25) is 14.9 Å². The molecule has 20 heavy (non-hydrogen) atoms. The Morgan fingerprint density at radius 3 is 2.80 bits per heavy atom. The molecule has 0 aliphatic heterocycles. The van der Waals surface area contributed by atoms with Crippen molar-refractivity contribution in [2.45, 2.75) is 13.5 Å². The number of aromatic amines is 1. The van der Waals surface area contributed by atoms with Gasteiger partial charge in [-0.2, -0.15) is 0 Å². The zero-order valence-corrected chi connectivity index (χ0v) is 11.2. The van der Waals surface area contributed by atoms with Gasteiger partial charge in [0, 0.05) is 37.1 Å². The molecule has 0 unspecified atom stereocenters. The molecule has 0 atom stereocenters.